The van der Waals surface area contributed by atoms with E-state index in [4.69, 9.17) is 9.47 Å². The van der Waals surface area contributed by atoms with Crippen LogP contribution in [0.4, 0.5) is 0 Å². The Bertz CT molecular complexity index is 682. The molecule has 3 rings (SSSR count). The lowest BCUT2D eigenvalue weighted by Crippen LogP contribution is -2.46. The van der Waals surface area contributed by atoms with Crippen molar-refractivity contribution in [2.24, 2.45) is 0 Å². The molecule has 2 aromatic carbocycles. The Hall–Kier alpha value is -2.04. The molecule has 1 fully saturated rings. The number of benzene rings is 2. The fraction of sp³-hybridized carbons (Fsp3) is 0.478. The van der Waals surface area contributed by atoms with Crippen molar-refractivity contribution in [3.05, 3.63) is 59.7 Å². The summed E-state index contributed by atoms with van der Waals surface area (Å²) in [5.41, 5.74) is 2.73. The number of hydrogen-bond donors (Lipinski definition) is 0. The van der Waals surface area contributed by atoms with Crippen molar-refractivity contribution in [2.75, 3.05) is 46.4 Å². The van der Waals surface area contributed by atoms with Gasteiger partial charge in [-0.1, -0.05) is 36.4 Å². The van der Waals surface area contributed by atoms with Gasteiger partial charge in [0.2, 0.25) is 0 Å². The van der Waals surface area contributed by atoms with Crippen LogP contribution in [0, 0.1) is 0 Å². The zero-order valence-electron chi connectivity index (χ0n) is 16.7. The first kappa shape index (κ1) is 19.7. The second-order valence-electron chi connectivity index (χ2n) is 7.13. The van der Waals surface area contributed by atoms with Crippen molar-refractivity contribution in [1.82, 2.24) is 9.80 Å². The predicted octanol–water partition coefficient (Wildman–Crippen LogP) is 3.84. The molecule has 0 saturated carbocycles. The van der Waals surface area contributed by atoms with Gasteiger partial charge in [-0.3, -0.25) is 4.90 Å². The summed E-state index contributed by atoms with van der Waals surface area (Å²) in [5, 5.41) is 0. The van der Waals surface area contributed by atoms with E-state index in [1.807, 2.05) is 13.0 Å². The maximum atomic E-state index is 5.70. The topological polar surface area (TPSA) is 24.9 Å². The summed E-state index contributed by atoms with van der Waals surface area (Å²) < 4.78 is 11.1. The third-order valence-electron chi connectivity index (χ3n) is 5.18. The van der Waals surface area contributed by atoms with Crippen LogP contribution in [0.1, 0.15) is 24.5 Å². The van der Waals surface area contributed by atoms with Crippen molar-refractivity contribution in [2.45, 2.75) is 26.3 Å². The van der Waals surface area contributed by atoms with E-state index in [1.165, 1.54) is 30.5 Å². The van der Waals surface area contributed by atoms with Crippen LogP contribution in [0.2, 0.25) is 0 Å². The number of ether oxygens (including phenoxy) is 2. The summed E-state index contributed by atoms with van der Waals surface area (Å²) in [6.07, 6.45) is 2.41. The molecular formula is C23H32N2O2. The summed E-state index contributed by atoms with van der Waals surface area (Å²) in [7, 11) is 1.69. The van der Waals surface area contributed by atoms with Gasteiger partial charge in [-0.15, -0.1) is 0 Å². The van der Waals surface area contributed by atoms with Crippen LogP contribution in [0.25, 0.3) is 0 Å². The summed E-state index contributed by atoms with van der Waals surface area (Å²) in [6, 6.07) is 17.1. The molecule has 0 radical (unpaired) electrons. The number of methoxy groups -OCH3 is 1. The Morgan fingerprint density at radius 3 is 2.30 bits per heavy atom. The normalized spacial score (nSPS) is 15.6. The maximum Gasteiger partial charge on any atom is 0.161 e. The fourth-order valence-corrected chi connectivity index (χ4v) is 3.67. The average Bonchev–Trinajstić information content (AvgIpc) is 2.71. The van der Waals surface area contributed by atoms with Gasteiger partial charge >= 0.3 is 0 Å². The van der Waals surface area contributed by atoms with Crippen LogP contribution in [0.15, 0.2) is 48.5 Å². The molecule has 1 heterocycles. The molecule has 146 valence electrons. The van der Waals surface area contributed by atoms with Gasteiger partial charge in [0, 0.05) is 32.7 Å². The van der Waals surface area contributed by atoms with Crippen molar-refractivity contribution < 1.29 is 9.47 Å². The van der Waals surface area contributed by atoms with E-state index in [0.29, 0.717) is 6.61 Å². The van der Waals surface area contributed by atoms with Gasteiger partial charge in [0.05, 0.1) is 13.7 Å². The first-order valence-corrected chi connectivity index (χ1v) is 10.1. The van der Waals surface area contributed by atoms with E-state index in [1.54, 1.807) is 7.11 Å². The minimum absolute atomic E-state index is 0.654. The maximum absolute atomic E-state index is 5.70. The standard InChI is InChI=1S/C23H32N2O2/c1-3-27-23-18-21(11-12-22(23)26-2)19-25-16-14-24(15-17-25)13-7-10-20-8-5-4-6-9-20/h4-6,8-9,11-12,18H,3,7,10,13-17,19H2,1-2H3. The van der Waals surface area contributed by atoms with Crippen molar-refractivity contribution >= 4 is 0 Å². The Morgan fingerprint density at radius 1 is 0.852 bits per heavy atom. The summed E-state index contributed by atoms with van der Waals surface area (Å²) in [6.45, 7) is 9.39. The number of piperazine rings is 1. The van der Waals surface area contributed by atoms with Crippen LogP contribution in [-0.2, 0) is 13.0 Å². The molecule has 0 aliphatic carbocycles. The first-order chi connectivity index (χ1) is 13.3. The highest BCUT2D eigenvalue weighted by Crippen LogP contribution is 2.28. The van der Waals surface area contributed by atoms with Crippen LogP contribution in [0.3, 0.4) is 0 Å². The highest BCUT2D eigenvalue weighted by atomic mass is 16.5. The Morgan fingerprint density at radius 2 is 1.59 bits per heavy atom. The molecule has 0 unspecified atom stereocenters. The molecule has 1 aliphatic rings. The van der Waals surface area contributed by atoms with E-state index in [0.717, 1.165) is 44.2 Å². The molecule has 1 aliphatic heterocycles. The predicted molar refractivity (Wildman–Crippen MR) is 111 cm³/mol. The molecule has 0 amide bonds. The van der Waals surface area contributed by atoms with E-state index in [9.17, 15) is 0 Å². The van der Waals surface area contributed by atoms with Crippen LogP contribution >= 0.6 is 0 Å². The summed E-state index contributed by atoms with van der Waals surface area (Å²) in [5.74, 6) is 1.65. The smallest absolute Gasteiger partial charge is 0.161 e. The second kappa shape index (κ2) is 10.3. The molecule has 1 saturated heterocycles. The number of rotatable bonds is 9. The molecular weight excluding hydrogens is 336 g/mol. The minimum Gasteiger partial charge on any atom is -0.493 e. The zero-order valence-corrected chi connectivity index (χ0v) is 16.7. The van der Waals surface area contributed by atoms with Gasteiger partial charge in [0.15, 0.2) is 11.5 Å². The third-order valence-corrected chi connectivity index (χ3v) is 5.18. The van der Waals surface area contributed by atoms with Gasteiger partial charge in [-0.2, -0.15) is 0 Å². The van der Waals surface area contributed by atoms with Gasteiger partial charge in [0.25, 0.3) is 0 Å². The largest absolute Gasteiger partial charge is 0.493 e. The lowest BCUT2D eigenvalue weighted by Gasteiger charge is -2.34. The first-order valence-electron chi connectivity index (χ1n) is 10.1. The molecule has 4 heteroatoms. The molecule has 0 aromatic heterocycles. The van der Waals surface area contributed by atoms with E-state index in [-0.39, 0.29) is 0 Å². The van der Waals surface area contributed by atoms with E-state index < -0.39 is 0 Å². The van der Waals surface area contributed by atoms with E-state index >= 15 is 0 Å². The third kappa shape index (κ3) is 5.98. The Balaban J connectivity index is 1.42. The highest BCUT2D eigenvalue weighted by Gasteiger charge is 2.17. The average molecular weight is 369 g/mol. The molecule has 0 atom stereocenters. The van der Waals surface area contributed by atoms with Crippen LogP contribution in [-0.4, -0.2) is 56.2 Å². The zero-order chi connectivity index (χ0) is 18.9. The lowest BCUT2D eigenvalue weighted by atomic mass is 10.1. The second-order valence-corrected chi connectivity index (χ2v) is 7.13. The fourth-order valence-electron chi connectivity index (χ4n) is 3.67. The summed E-state index contributed by atoms with van der Waals surface area (Å²) in [4.78, 5) is 5.13. The Labute approximate surface area is 163 Å². The van der Waals surface area contributed by atoms with Gasteiger partial charge in [-0.25, -0.2) is 0 Å². The van der Waals surface area contributed by atoms with Gasteiger partial charge in [0.1, 0.15) is 0 Å². The van der Waals surface area contributed by atoms with E-state index in [2.05, 4.69) is 52.3 Å². The van der Waals surface area contributed by atoms with Gasteiger partial charge in [-0.05, 0) is 49.6 Å². The molecule has 2 aromatic rings. The van der Waals surface area contributed by atoms with Crippen molar-refractivity contribution in [3.63, 3.8) is 0 Å². The molecule has 4 nitrogen and oxygen atoms in total. The number of aryl methyl sites for hydroxylation is 1. The van der Waals surface area contributed by atoms with Crippen LogP contribution < -0.4 is 9.47 Å². The molecule has 0 bridgehead atoms. The summed E-state index contributed by atoms with van der Waals surface area (Å²) >= 11 is 0. The number of nitrogens with zero attached hydrogens (tertiary/aromatic N) is 2. The van der Waals surface area contributed by atoms with Crippen LogP contribution in [0.5, 0.6) is 11.5 Å². The molecule has 0 N–H and O–H groups in total. The SMILES string of the molecule is CCOc1cc(CN2CCN(CCCc3ccccc3)CC2)ccc1OC. The van der Waals surface area contributed by atoms with Crippen molar-refractivity contribution in [3.8, 4) is 11.5 Å². The molecule has 0 spiro atoms. The Kier molecular flexibility index (Phi) is 7.55. The van der Waals surface area contributed by atoms with Crippen molar-refractivity contribution in [1.29, 1.82) is 0 Å². The monoisotopic (exact) mass is 368 g/mol. The van der Waals surface area contributed by atoms with Gasteiger partial charge < -0.3 is 14.4 Å². The highest BCUT2D eigenvalue weighted by molar-refractivity contribution is 5.43. The minimum atomic E-state index is 0.654. The number of hydrogen-bond acceptors (Lipinski definition) is 4. The quantitative estimate of drug-likeness (QED) is 0.671. The molecule has 27 heavy (non-hydrogen) atoms. The lowest BCUT2D eigenvalue weighted by molar-refractivity contribution is 0.126.